The van der Waals surface area contributed by atoms with Crippen molar-refractivity contribution in [1.29, 1.82) is 0 Å². The molecule has 2 rings (SSSR count). The highest BCUT2D eigenvalue weighted by Crippen LogP contribution is 2.20. The van der Waals surface area contributed by atoms with Crippen molar-refractivity contribution >= 4 is 0 Å². The molecule has 102 valence electrons. The summed E-state index contributed by atoms with van der Waals surface area (Å²) in [5.74, 6) is 0. The molecule has 1 unspecified atom stereocenters. The molecule has 6 nitrogen and oxygen atoms in total. The van der Waals surface area contributed by atoms with E-state index in [9.17, 15) is 0 Å². The fraction of sp³-hybridized carbons (Fsp3) is 0.385. The average molecular weight is 262 g/mol. The summed E-state index contributed by atoms with van der Waals surface area (Å²) < 4.78 is 12.4. The van der Waals surface area contributed by atoms with E-state index in [-0.39, 0.29) is 6.04 Å². The van der Waals surface area contributed by atoms with Crippen LogP contribution >= 0.6 is 0 Å². The first-order valence-electron chi connectivity index (χ1n) is 6.00. The lowest BCUT2D eigenvalue weighted by molar-refractivity contribution is -0.124. The van der Waals surface area contributed by atoms with E-state index in [2.05, 4.69) is 15.6 Å². The Morgan fingerprint density at radius 2 is 1.84 bits per heavy atom. The summed E-state index contributed by atoms with van der Waals surface area (Å²) >= 11 is 0. The second-order valence-electron chi connectivity index (χ2n) is 4.01. The van der Waals surface area contributed by atoms with Crippen LogP contribution in [0.15, 0.2) is 36.5 Å². The second-order valence-corrected chi connectivity index (χ2v) is 4.01. The third-order valence-corrected chi connectivity index (χ3v) is 2.94. The minimum Gasteiger partial charge on any atom is -0.354 e. The summed E-state index contributed by atoms with van der Waals surface area (Å²) in [5.41, 5.74) is 1.82. The molecule has 6 heteroatoms. The molecule has 1 N–H and O–H groups in total. The summed E-state index contributed by atoms with van der Waals surface area (Å²) in [6.07, 6.45) is 1.30. The summed E-state index contributed by atoms with van der Waals surface area (Å²) in [4.78, 5) is 0. The number of hydrogen-bond donors (Lipinski definition) is 1. The Morgan fingerprint density at radius 1 is 1.16 bits per heavy atom. The number of likely N-dealkylation sites (N-methyl/N-ethyl adjacent to an activating group) is 1. The number of aromatic nitrogens is 3. The molecule has 0 amide bonds. The van der Waals surface area contributed by atoms with Crippen LogP contribution in [0.2, 0.25) is 0 Å². The normalized spacial score (nSPS) is 12.8. The van der Waals surface area contributed by atoms with Crippen LogP contribution in [0.4, 0.5) is 0 Å². The Kier molecular flexibility index (Phi) is 4.62. The molecule has 0 saturated carbocycles. The number of benzene rings is 1. The van der Waals surface area contributed by atoms with Gasteiger partial charge in [-0.2, -0.15) is 0 Å². The van der Waals surface area contributed by atoms with Crippen LogP contribution in [0.25, 0.3) is 5.69 Å². The molecule has 0 aliphatic rings. The van der Waals surface area contributed by atoms with Gasteiger partial charge in [-0.1, -0.05) is 23.4 Å². The van der Waals surface area contributed by atoms with Gasteiger partial charge in [0.05, 0.1) is 17.6 Å². The van der Waals surface area contributed by atoms with E-state index in [4.69, 9.17) is 9.47 Å². The highest BCUT2D eigenvalue weighted by Gasteiger charge is 2.25. The number of para-hydroxylation sites is 1. The molecule has 0 bridgehead atoms. The zero-order valence-electron chi connectivity index (χ0n) is 11.3. The van der Waals surface area contributed by atoms with Crippen LogP contribution in [0.5, 0.6) is 0 Å². The van der Waals surface area contributed by atoms with Crippen molar-refractivity contribution in [3.05, 3.63) is 42.2 Å². The van der Waals surface area contributed by atoms with Crippen molar-refractivity contribution in [3.63, 3.8) is 0 Å². The van der Waals surface area contributed by atoms with Gasteiger partial charge in [0.2, 0.25) is 0 Å². The Bertz CT molecular complexity index is 496. The van der Waals surface area contributed by atoms with Crippen molar-refractivity contribution in [1.82, 2.24) is 20.3 Å². The van der Waals surface area contributed by atoms with Crippen molar-refractivity contribution in [3.8, 4) is 5.69 Å². The number of nitrogens with zero attached hydrogens (tertiary/aromatic N) is 3. The van der Waals surface area contributed by atoms with Crippen molar-refractivity contribution < 1.29 is 9.47 Å². The van der Waals surface area contributed by atoms with Crippen LogP contribution in [-0.2, 0) is 9.47 Å². The van der Waals surface area contributed by atoms with Gasteiger partial charge in [-0.05, 0) is 19.2 Å². The SMILES string of the molecule is CNC(c1cnnn1-c1ccccc1)C(OC)OC. The molecular formula is C13H18N4O2. The quantitative estimate of drug-likeness (QED) is 0.791. The first kappa shape index (κ1) is 13.7. The van der Waals surface area contributed by atoms with Gasteiger partial charge < -0.3 is 14.8 Å². The largest absolute Gasteiger partial charge is 0.354 e. The fourth-order valence-electron chi connectivity index (χ4n) is 2.02. The molecular weight excluding hydrogens is 244 g/mol. The predicted molar refractivity (Wildman–Crippen MR) is 71.0 cm³/mol. The van der Waals surface area contributed by atoms with E-state index in [1.165, 1.54) is 0 Å². The Morgan fingerprint density at radius 3 is 2.42 bits per heavy atom. The van der Waals surface area contributed by atoms with Crippen LogP contribution in [0, 0.1) is 0 Å². The number of hydrogen-bond acceptors (Lipinski definition) is 5. The molecule has 19 heavy (non-hydrogen) atoms. The van der Waals surface area contributed by atoms with Crippen LogP contribution in [-0.4, -0.2) is 42.6 Å². The third kappa shape index (κ3) is 2.81. The zero-order chi connectivity index (χ0) is 13.7. The molecule has 2 aromatic rings. The van der Waals surface area contributed by atoms with E-state index in [1.807, 2.05) is 37.4 Å². The molecule has 0 aliphatic carbocycles. The Labute approximate surface area is 112 Å². The molecule has 0 radical (unpaired) electrons. The lowest BCUT2D eigenvalue weighted by Crippen LogP contribution is -2.33. The first-order valence-corrected chi connectivity index (χ1v) is 6.00. The maximum atomic E-state index is 5.31. The van der Waals surface area contributed by atoms with Gasteiger partial charge in [0, 0.05) is 14.2 Å². The Hall–Kier alpha value is -1.76. The average Bonchev–Trinajstić information content (AvgIpc) is 2.94. The Balaban J connectivity index is 2.38. The molecule has 0 spiro atoms. The zero-order valence-corrected chi connectivity index (χ0v) is 11.3. The van der Waals surface area contributed by atoms with E-state index in [1.54, 1.807) is 25.1 Å². The monoisotopic (exact) mass is 262 g/mol. The number of ether oxygens (including phenoxy) is 2. The molecule has 0 saturated heterocycles. The summed E-state index contributed by atoms with van der Waals surface area (Å²) in [6.45, 7) is 0. The third-order valence-electron chi connectivity index (χ3n) is 2.94. The first-order chi connectivity index (χ1) is 9.31. The molecule has 0 aliphatic heterocycles. The maximum Gasteiger partial charge on any atom is 0.177 e. The van der Waals surface area contributed by atoms with Gasteiger partial charge in [-0.3, -0.25) is 0 Å². The minimum absolute atomic E-state index is 0.162. The minimum atomic E-state index is -0.411. The molecule has 1 aromatic heterocycles. The maximum absolute atomic E-state index is 5.31. The fourth-order valence-corrected chi connectivity index (χ4v) is 2.02. The molecule has 1 aromatic carbocycles. The molecule has 1 atom stereocenters. The van der Waals surface area contributed by atoms with Crippen LogP contribution < -0.4 is 5.32 Å². The second kappa shape index (κ2) is 6.42. The van der Waals surface area contributed by atoms with E-state index in [0.717, 1.165) is 11.4 Å². The van der Waals surface area contributed by atoms with E-state index >= 15 is 0 Å². The van der Waals surface area contributed by atoms with Crippen LogP contribution in [0.1, 0.15) is 11.7 Å². The molecule has 0 fully saturated rings. The van der Waals surface area contributed by atoms with Gasteiger partial charge >= 0.3 is 0 Å². The number of methoxy groups -OCH3 is 2. The van der Waals surface area contributed by atoms with Crippen LogP contribution in [0.3, 0.4) is 0 Å². The molecule has 1 heterocycles. The van der Waals surface area contributed by atoms with Gasteiger partial charge in [0.15, 0.2) is 6.29 Å². The smallest absolute Gasteiger partial charge is 0.177 e. The highest BCUT2D eigenvalue weighted by atomic mass is 16.7. The van der Waals surface area contributed by atoms with Gasteiger partial charge in [0.1, 0.15) is 6.04 Å². The number of nitrogens with one attached hydrogen (secondary N) is 1. The predicted octanol–water partition coefficient (Wildman–Crippen LogP) is 1.15. The van der Waals surface area contributed by atoms with Gasteiger partial charge in [0.25, 0.3) is 0 Å². The summed E-state index contributed by atoms with van der Waals surface area (Å²) in [5, 5.41) is 11.3. The standard InChI is InChI=1S/C13H18N4O2/c1-14-12(13(18-2)19-3)11-9-15-16-17(11)10-7-5-4-6-8-10/h4-9,12-14H,1-3H3. The van der Waals surface area contributed by atoms with E-state index < -0.39 is 6.29 Å². The van der Waals surface area contributed by atoms with Gasteiger partial charge in [-0.25, -0.2) is 4.68 Å². The van der Waals surface area contributed by atoms with Gasteiger partial charge in [-0.15, -0.1) is 5.10 Å². The van der Waals surface area contributed by atoms with E-state index in [0.29, 0.717) is 0 Å². The lowest BCUT2D eigenvalue weighted by Gasteiger charge is -2.24. The van der Waals surface area contributed by atoms with Crippen molar-refractivity contribution in [2.24, 2.45) is 0 Å². The lowest BCUT2D eigenvalue weighted by atomic mass is 10.2. The number of rotatable bonds is 6. The topological polar surface area (TPSA) is 61.2 Å². The summed E-state index contributed by atoms with van der Waals surface area (Å²) in [7, 11) is 5.06. The highest BCUT2D eigenvalue weighted by molar-refractivity contribution is 5.32. The van der Waals surface area contributed by atoms with Crippen molar-refractivity contribution in [2.75, 3.05) is 21.3 Å². The summed E-state index contributed by atoms with van der Waals surface area (Å²) in [6, 6.07) is 9.66. The van der Waals surface area contributed by atoms with Crippen molar-refractivity contribution in [2.45, 2.75) is 12.3 Å².